The van der Waals surface area contributed by atoms with E-state index >= 15 is 0 Å². The molecule has 0 bridgehead atoms. The molecule has 1 aliphatic heterocycles. The van der Waals surface area contributed by atoms with Gasteiger partial charge in [-0.1, -0.05) is 48.5 Å². The van der Waals surface area contributed by atoms with E-state index in [0.29, 0.717) is 17.3 Å². The first kappa shape index (κ1) is 19.0. The zero-order valence-electron chi connectivity index (χ0n) is 16.8. The van der Waals surface area contributed by atoms with E-state index in [4.69, 9.17) is 14.2 Å². The van der Waals surface area contributed by atoms with Crippen molar-refractivity contribution >= 4 is 16.8 Å². The van der Waals surface area contributed by atoms with E-state index in [-0.39, 0.29) is 32.3 Å². The third-order valence-electron chi connectivity index (χ3n) is 5.94. The van der Waals surface area contributed by atoms with E-state index in [1.54, 1.807) is 0 Å². The Labute approximate surface area is 175 Å². The second-order valence-electron chi connectivity index (χ2n) is 7.76. The quantitative estimate of drug-likeness (QED) is 0.653. The van der Waals surface area contributed by atoms with Gasteiger partial charge in [0.2, 0.25) is 0 Å². The van der Waals surface area contributed by atoms with Crippen LogP contribution in [0.1, 0.15) is 29.5 Å². The van der Waals surface area contributed by atoms with Crippen LogP contribution in [0.3, 0.4) is 0 Å². The van der Waals surface area contributed by atoms with Crippen LogP contribution in [0.2, 0.25) is 0 Å². The lowest BCUT2D eigenvalue weighted by Crippen LogP contribution is -2.40. The molecule has 5 heteroatoms. The summed E-state index contributed by atoms with van der Waals surface area (Å²) in [7, 11) is 0. The number of fused-ring (bicyclic) bond motifs is 7. The summed E-state index contributed by atoms with van der Waals surface area (Å²) in [6.45, 7) is 2.28. The van der Waals surface area contributed by atoms with Gasteiger partial charge in [-0.05, 0) is 41.0 Å². The molecule has 1 aliphatic carbocycles. The fourth-order valence-corrected chi connectivity index (χ4v) is 4.71. The van der Waals surface area contributed by atoms with E-state index in [1.807, 2.05) is 43.3 Å². The normalized spacial score (nSPS) is 21.3. The molecule has 3 aromatic rings. The summed E-state index contributed by atoms with van der Waals surface area (Å²) in [5.74, 6) is 1.90. The SMILES string of the molecule is CC12Oc3c(OCCO)cc4ccccc4c3C1c1ccccc1C=C2OCCO. The molecule has 0 spiro atoms. The molecule has 2 atom stereocenters. The molecular formula is C25H24O5. The molecule has 0 radical (unpaired) electrons. The van der Waals surface area contributed by atoms with Gasteiger partial charge < -0.3 is 24.4 Å². The molecule has 30 heavy (non-hydrogen) atoms. The monoisotopic (exact) mass is 404 g/mol. The van der Waals surface area contributed by atoms with Crippen molar-refractivity contribution in [3.63, 3.8) is 0 Å². The van der Waals surface area contributed by atoms with Crippen LogP contribution in [0.5, 0.6) is 11.5 Å². The van der Waals surface area contributed by atoms with Crippen molar-refractivity contribution in [3.8, 4) is 11.5 Å². The van der Waals surface area contributed by atoms with E-state index in [2.05, 4.69) is 24.3 Å². The Balaban J connectivity index is 1.78. The molecule has 5 rings (SSSR count). The number of aliphatic hydroxyl groups is 2. The minimum absolute atomic E-state index is 0.0690. The van der Waals surface area contributed by atoms with Gasteiger partial charge in [0.1, 0.15) is 19.0 Å². The van der Waals surface area contributed by atoms with Crippen molar-refractivity contribution in [3.05, 3.63) is 77.0 Å². The minimum atomic E-state index is -0.771. The molecule has 2 unspecified atom stereocenters. The van der Waals surface area contributed by atoms with Crippen LogP contribution in [0.25, 0.3) is 16.8 Å². The van der Waals surface area contributed by atoms with Gasteiger partial charge in [0, 0.05) is 5.56 Å². The van der Waals surface area contributed by atoms with E-state index in [9.17, 15) is 10.2 Å². The summed E-state index contributed by atoms with van der Waals surface area (Å²) >= 11 is 0. The lowest BCUT2D eigenvalue weighted by atomic mass is 9.72. The van der Waals surface area contributed by atoms with Crippen molar-refractivity contribution < 1.29 is 24.4 Å². The predicted molar refractivity (Wildman–Crippen MR) is 115 cm³/mol. The third kappa shape index (κ3) is 2.77. The third-order valence-corrected chi connectivity index (χ3v) is 5.94. The van der Waals surface area contributed by atoms with Gasteiger partial charge in [0.05, 0.1) is 19.1 Å². The van der Waals surface area contributed by atoms with Gasteiger partial charge in [-0.15, -0.1) is 0 Å². The maximum atomic E-state index is 9.34. The van der Waals surface area contributed by atoms with Crippen molar-refractivity contribution in [2.75, 3.05) is 26.4 Å². The highest BCUT2D eigenvalue weighted by Crippen LogP contribution is 2.59. The molecule has 0 saturated carbocycles. The molecular weight excluding hydrogens is 380 g/mol. The summed E-state index contributed by atoms with van der Waals surface area (Å²) < 4.78 is 18.5. The van der Waals surface area contributed by atoms with Gasteiger partial charge in [0.25, 0.3) is 0 Å². The van der Waals surface area contributed by atoms with Crippen molar-refractivity contribution in [2.45, 2.75) is 18.4 Å². The Kier molecular flexibility index (Phi) is 4.65. The van der Waals surface area contributed by atoms with E-state index in [1.165, 1.54) is 5.56 Å². The average molecular weight is 404 g/mol. The molecule has 154 valence electrons. The molecule has 0 aromatic heterocycles. The predicted octanol–water partition coefficient (Wildman–Crippen LogP) is 3.86. The zero-order chi connectivity index (χ0) is 20.7. The maximum Gasteiger partial charge on any atom is 0.174 e. The summed E-state index contributed by atoms with van der Waals surface area (Å²) in [6, 6.07) is 18.4. The fourth-order valence-electron chi connectivity index (χ4n) is 4.71. The first-order valence-corrected chi connectivity index (χ1v) is 10.2. The Bertz CT molecular complexity index is 1140. The van der Waals surface area contributed by atoms with E-state index < -0.39 is 5.60 Å². The largest absolute Gasteiger partial charge is 0.491 e. The number of rotatable bonds is 6. The van der Waals surface area contributed by atoms with Crippen LogP contribution in [0, 0.1) is 0 Å². The second kappa shape index (κ2) is 7.35. The van der Waals surface area contributed by atoms with Gasteiger partial charge in [0.15, 0.2) is 17.1 Å². The average Bonchev–Trinajstić information content (AvgIpc) is 3.10. The van der Waals surface area contributed by atoms with Crippen molar-refractivity contribution in [1.82, 2.24) is 0 Å². The van der Waals surface area contributed by atoms with Gasteiger partial charge in [-0.2, -0.15) is 0 Å². The standard InChI is InChI=1S/C25H24O5/c1-25-21(29-13-11-27)15-17-7-3-5-9-19(17)23(25)22-18-8-4-2-6-16(18)14-20(24(22)30-25)28-12-10-26/h2-9,14-15,23,26-27H,10-13H2,1H3. The Morgan fingerprint density at radius 2 is 1.70 bits per heavy atom. The van der Waals surface area contributed by atoms with Crippen LogP contribution < -0.4 is 9.47 Å². The maximum absolute atomic E-state index is 9.34. The van der Waals surface area contributed by atoms with Gasteiger partial charge in [-0.25, -0.2) is 0 Å². The number of ether oxygens (including phenoxy) is 3. The summed E-state index contributed by atoms with van der Waals surface area (Å²) in [4.78, 5) is 0. The first-order valence-electron chi connectivity index (χ1n) is 10.2. The van der Waals surface area contributed by atoms with Gasteiger partial charge in [-0.3, -0.25) is 0 Å². The second-order valence-corrected chi connectivity index (χ2v) is 7.76. The first-order chi connectivity index (χ1) is 14.7. The molecule has 5 nitrogen and oxygen atoms in total. The number of aliphatic hydroxyl groups excluding tert-OH is 2. The molecule has 0 saturated heterocycles. The summed E-state index contributed by atoms with van der Waals surface area (Å²) in [5.41, 5.74) is 2.54. The highest BCUT2D eigenvalue weighted by molar-refractivity contribution is 5.93. The minimum Gasteiger partial charge on any atom is -0.491 e. The Hall–Kier alpha value is -3.02. The molecule has 2 N–H and O–H groups in total. The van der Waals surface area contributed by atoms with Gasteiger partial charge >= 0.3 is 0 Å². The van der Waals surface area contributed by atoms with Crippen LogP contribution in [0.4, 0.5) is 0 Å². The highest BCUT2D eigenvalue weighted by Gasteiger charge is 2.54. The Morgan fingerprint density at radius 3 is 2.53 bits per heavy atom. The van der Waals surface area contributed by atoms with Crippen LogP contribution in [-0.2, 0) is 4.74 Å². The molecule has 2 aliphatic rings. The van der Waals surface area contributed by atoms with Crippen LogP contribution in [-0.4, -0.2) is 42.2 Å². The molecule has 3 aromatic carbocycles. The number of hydrogen-bond acceptors (Lipinski definition) is 5. The summed E-state index contributed by atoms with van der Waals surface area (Å²) in [5, 5.41) is 20.8. The van der Waals surface area contributed by atoms with Crippen molar-refractivity contribution in [1.29, 1.82) is 0 Å². The van der Waals surface area contributed by atoms with Crippen LogP contribution >= 0.6 is 0 Å². The lowest BCUT2D eigenvalue weighted by Gasteiger charge is -2.37. The molecule has 0 fully saturated rings. The summed E-state index contributed by atoms with van der Waals surface area (Å²) in [6.07, 6.45) is 2.00. The van der Waals surface area contributed by atoms with E-state index in [0.717, 1.165) is 21.9 Å². The molecule has 1 heterocycles. The fraction of sp³-hybridized carbons (Fsp3) is 0.280. The zero-order valence-corrected chi connectivity index (χ0v) is 16.8. The molecule has 0 amide bonds. The topological polar surface area (TPSA) is 68.2 Å². The van der Waals surface area contributed by atoms with Crippen LogP contribution in [0.15, 0.2) is 60.4 Å². The van der Waals surface area contributed by atoms with Crippen molar-refractivity contribution in [2.24, 2.45) is 0 Å². The Morgan fingerprint density at radius 1 is 0.967 bits per heavy atom. The number of hydrogen-bond donors (Lipinski definition) is 2. The highest BCUT2D eigenvalue weighted by atomic mass is 16.6. The number of benzene rings is 3. The smallest absolute Gasteiger partial charge is 0.174 e. The lowest BCUT2D eigenvalue weighted by molar-refractivity contribution is 0.0386.